The van der Waals surface area contributed by atoms with Gasteiger partial charge in [0, 0.05) is 23.6 Å². The van der Waals surface area contributed by atoms with Crippen molar-refractivity contribution in [1.82, 2.24) is 20.2 Å². The SMILES string of the molecule is COc1cc(/C=N\NC(=O)CSc2nnc(-c3ccc(Cl)cc3)n2C2CCCCC2)ccc1OC(C)=O. The van der Waals surface area contributed by atoms with E-state index in [1.54, 1.807) is 18.2 Å². The van der Waals surface area contributed by atoms with Gasteiger partial charge in [-0.05, 0) is 60.9 Å². The highest BCUT2D eigenvalue weighted by Gasteiger charge is 2.24. The number of halogens is 1. The van der Waals surface area contributed by atoms with Gasteiger partial charge in [-0.15, -0.1) is 10.2 Å². The Morgan fingerprint density at radius 2 is 1.89 bits per heavy atom. The molecule has 194 valence electrons. The van der Waals surface area contributed by atoms with Gasteiger partial charge in [0.05, 0.1) is 19.1 Å². The van der Waals surface area contributed by atoms with Gasteiger partial charge < -0.3 is 9.47 Å². The van der Waals surface area contributed by atoms with Gasteiger partial charge in [0.25, 0.3) is 5.91 Å². The largest absolute Gasteiger partial charge is 0.493 e. The molecular weight excluding hydrogens is 514 g/mol. The van der Waals surface area contributed by atoms with E-state index < -0.39 is 5.97 Å². The molecule has 1 aliphatic rings. The number of nitrogens with zero attached hydrogens (tertiary/aromatic N) is 4. The molecular formula is C26H28ClN5O4S. The maximum Gasteiger partial charge on any atom is 0.308 e. The first-order valence-corrected chi connectivity index (χ1v) is 13.3. The van der Waals surface area contributed by atoms with Crippen LogP contribution in [0.25, 0.3) is 11.4 Å². The van der Waals surface area contributed by atoms with Crippen LogP contribution in [0.5, 0.6) is 11.5 Å². The number of ether oxygens (including phenoxy) is 2. The average molecular weight is 542 g/mol. The standard InChI is InChI=1S/C26H28ClN5O4S/c1-17(33)36-22-13-8-18(14-23(22)35-2)15-28-29-24(34)16-37-26-31-30-25(19-9-11-20(27)12-10-19)32(26)21-6-4-3-5-7-21/h8-15,21H,3-7,16H2,1-2H3,(H,29,34)/b28-15-. The van der Waals surface area contributed by atoms with Gasteiger partial charge >= 0.3 is 5.97 Å². The number of hydrogen-bond donors (Lipinski definition) is 1. The summed E-state index contributed by atoms with van der Waals surface area (Å²) in [6.07, 6.45) is 7.16. The van der Waals surface area contributed by atoms with Crippen LogP contribution in [0.4, 0.5) is 0 Å². The fraction of sp³-hybridized carbons (Fsp3) is 0.346. The maximum atomic E-state index is 12.5. The minimum atomic E-state index is -0.441. The Hall–Kier alpha value is -3.37. The van der Waals surface area contributed by atoms with Gasteiger partial charge in [0.1, 0.15) is 0 Å². The number of carbonyl (C=O) groups excluding carboxylic acids is 2. The lowest BCUT2D eigenvalue weighted by molar-refractivity contribution is -0.132. The van der Waals surface area contributed by atoms with E-state index in [0.29, 0.717) is 33.3 Å². The third-order valence-electron chi connectivity index (χ3n) is 5.88. The number of esters is 1. The van der Waals surface area contributed by atoms with Crippen LogP contribution in [-0.4, -0.2) is 45.7 Å². The number of amides is 1. The quantitative estimate of drug-likeness (QED) is 0.129. The average Bonchev–Trinajstić information content (AvgIpc) is 3.33. The second-order valence-electron chi connectivity index (χ2n) is 8.56. The topological polar surface area (TPSA) is 108 Å². The van der Waals surface area contributed by atoms with Gasteiger partial charge in [0.15, 0.2) is 22.5 Å². The highest BCUT2D eigenvalue weighted by Crippen LogP contribution is 2.35. The molecule has 4 rings (SSSR count). The summed E-state index contributed by atoms with van der Waals surface area (Å²) in [4.78, 5) is 23.7. The van der Waals surface area contributed by atoms with Crippen LogP contribution < -0.4 is 14.9 Å². The first kappa shape index (κ1) is 26.7. The van der Waals surface area contributed by atoms with Crippen LogP contribution in [0.2, 0.25) is 5.02 Å². The minimum Gasteiger partial charge on any atom is -0.493 e. The van der Waals surface area contributed by atoms with E-state index in [-0.39, 0.29) is 11.7 Å². The predicted molar refractivity (Wildman–Crippen MR) is 143 cm³/mol. The second-order valence-corrected chi connectivity index (χ2v) is 9.94. The van der Waals surface area contributed by atoms with Crippen LogP contribution in [0, 0.1) is 0 Å². The van der Waals surface area contributed by atoms with Gasteiger partial charge in [-0.25, -0.2) is 5.43 Å². The number of thioether (sulfide) groups is 1. The summed E-state index contributed by atoms with van der Waals surface area (Å²) in [7, 11) is 1.48. The van der Waals surface area contributed by atoms with Crippen molar-refractivity contribution in [2.24, 2.45) is 5.10 Å². The van der Waals surface area contributed by atoms with E-state index in [1.165, 1.54) is 38.4 Å². The minimum absolute atomic E-state index is 0.136. The van der Waals surface area contributed by atoms with Gasteiger partial charge in [-0.3, -0.25) is 14.2 Å². The molecule has 1 N–H and O–H groups in total. The van der Waals surface area contributed by atoms with E-state index in [2.05, 4.69) is 25.3 Å². The number of carbonyl (C=O) groups is 2. The summed E-state index contributed by atoms with van der Waals surface area (Å²) in [5.74, 6) is 0.917. The summed E-state index contributed by atoms with van der Waals surface area (Å²) in [5, 5.41) is 14.3. The molecule has 0 bridgehead atoms. The molecule has 0 aliphatic heterocycles. The molecule has 1 fully saturated rings. The fourth-order valence-corrected chi connectivity index (χ4v) is 5.11. The molecule has 1 aromatic heterocycles. The van der Waals surface area contributed by atoms with Crippen molar-refractivity contribution in [2.45, 2.75) is 50.2 Å². The lowest BCUT2D eigenvalue weighted by atomic mass is 9.95. The molecule has 1 amide bonds. The van der Waals surface area contributed by atoms with E-state index in [9.17, 15) is 9.59 Å². The normalized spacial score (nSPS) is 14.0. The zero-order valence-electron chi connectivity index (χ0n) is 20.6. The summed E-state index contributed by atoms with van der Waals surface area (Å²) in [5.41, 5.74) is 4.16. The van der Waals surface area contributed by atoms with E-state index in [4.69, 9.17) is 21.1 Å². The van der Waals surface area contributed by atoms with Crippen molar-refractivity contribution in [2.75, 3.05) is 12.9 Å². The molecule has 1 heterocycles. The van der Waals surface area contributed by atoms with Crippen LogP contribution in [-0.2, 0) is 9.59 Å². The molecule has 11 heteroatoms. The lowest BCUT2D eigenvalue weighted by Crippen LogP contribution is -2.20. The van der Waals surface area contributed by atoms with Crippen LogP contribution in [0.3, 0.4) is 0 Å². The molecule has 0 saturated heterocycles. The molecule has 2 aromatic carbocycles. The summed E-state index contributed by atoms with van der Waals surface area (Å²) >= 11 is 7.41. The zero-order chi connectivity index (χ0) is 26.2. The Balaban J connectivity index is 1.41. The molecule has 0 atom stereocenters. The number of aromatic nitrogens is 3. The number of rotatable bonds is 9. The van der Waals surface area contributed by atoms with Crippen LogP contribution >= 0.6 is 23.4 Å². The summed E-state index contributed by atoms with van der Waals surface area (Å²) < 4.78 is 12.5. The predicted octanol–water partition coefficient (Wildman–Crippen LogP) is 5.28. The van der Waals surface area contributed by atoms with Crippen molar-refractivity contribution in [3.63, 3.8) is 0 Å². The fourth-order valence-electron chi connectivity index (χ4n) is 4.18. The maximum absolute atomic E-state index is 12.5. The first-order valence-electron chi connectivity index (χ1n) is 12.0. The highest BCUT2D eigenvalue weighted by atomic mass is 35.5. The lowest BCUT2D eigenvalue weighted by Gasteiger charge is -2.25. The molecule has 0 spiro atoms. The third kappa shape index (κ3) is 7.11. The molecule has 3 aromatic rings. The van der Waals surface area contributed by atoms with Crippen molar-refractivity contribution in [1.29, 1.82) is 0 Å². The van der Waals surface area contributed by atoms with Crippen LogP contribution in [0.15, 0.2) is 52.7 Å². The number of hydrazone groups is 1. The molecule has 1 saturated carbocycles. The van der Waals surface area contributed by atoms with E-state index >= 15 is 0 Å². The van der Waals surface area contributed by atoms with Gasteiger partial charge in [0.2, 0.25) is 0 Å². The summed E-state index contributed by atoms with van der Waals surface area (Å²) in [6, 6.07) is 12.8. The van der Waals surface area contributed by atoms with E-state index in [0.717, 1.165) is 37.1 Å². The van der Waals surface area contributed by atoms with Crippen molar-refractivity contribution >= 4 is 41.5 Å². The van der Waals surface area contributed by atoms with Gasteiger partial charge in [-0.1, -0.05) is 42.6 Å². The zero-order valence-corrected chi connectivity index (χ0v) is 22.2. The Morgan fingerprint density at radius 1 is 1.14 bits per heavy atom. The number of hydrogen-bond acceptors (Lipinski definition) is 8. The molecule has 9 nitrogen and oxygen atoms in total. The van der Waals surface area contributed by atoms with Crippen molar-refractivity contribution < 1.29 is 19.1 Å². The van der Waals surface area contributed by atoms with Crippen LogP contribution in [0.1, 0.15) is 50.6 Å². The Labute approximate surface area is 224 Å². The number of methoxy groups -OCH3 is 1. The van der Waals surface area contributed by atoms with Gasteiger partial charge in [-0.2, -0.15) is 5.10 Å². The molecule has 0 radical (unpaired) electrons. The second kappa shape index (κ2) is 12.7. The molecule has 1 aliphatic carbocycles. The van der Waals surface area contributed by atoms with Crippen molar-refractivity contribution in [3.05, 3.63) is 53.1 Å². The molecule has 37 heavy (non-hydrogen) atoms. The summed E-state index contributed by atoms with van der Waals surface area (Å²) in [6.45, 7) is 1.32. The molecule has 0 unspecified atom stereocenters. The number of benzene rings is 2. The smallest absolute Gasteiger partial charge is 0.308 e. The monoisotopic (exact) mass is 541 g/mol. The Kier molecular flexibility index (Phi) is 9.19. The van der Waals surface area contributed by atoms with E-state index in [1.807, 2.05) is 24.3 Å². The Morgan fingerprint density at radius 3 is 2.59 bits per heavy atom. The third-order valence-corrected chi connectivity index (χ3v) is 7.08. The number of nitrogens with one attached hydrogen (secondary N) is 1. The van der Waals surface area contributed by atoms with Crippen molar-refractivity contribution in [3.8, 4) is 22.9 Å². The first-order chi connectivity index (χ1) is 17.9. The highest BCUT2D eigenvalue weighted by molar-refractivity contribution is 7.99. The Bertz CT molecular complexity index is 1270.